The van der Waals surface area contributed by atoms with Crippen LogP contribution in [0.25, 0.3) is 0 Å². The van der Waals surface area contributed by atoms with Gasteiger partial charge in [0.1, 0.15) is 5.75 Å². The number of alkyl halides is 2. The molecule has 0 bridgehead atoms. The second-order valence-electron chi connectivity index (χ2n) is 4.62. The van der Waals surface area contributed by atoms with Crippen molar-refractivity contribution in [2.24, 2.45) is 5.92 Å². The lowest BCUT2D eigenvalue weighted by molar-refractivity contribution is -0.0497. The maximum Gasteiger partial charge on any atom is 0.387 e. The first kappa shape index (κ1) is 14.3. The first-order valence-corrected chi connectivity index (χ1v) is 6.72. The van der Waals surface area contributed by atoms with Crippen molar-refractivity contribution in [3.63, 3.8) is 0 Å². The van der Waals surface area contributed by atoms with Gasteiger partial charge in [0, 0.05) is 12.2 Å². The molecule has 1 atom stereocenters. The molecule has 2 N–H and O–H groups in total. The molecule has 0 saturated carbocycles. The van der Waals surface area contributed by atoms with Crippen LogP contribution in [0.2, 0.25) is 5.02 Å². The highest BCUT2D eigenvalue weighted by Gasteiger charge is 2.13. The van der Waals surface area contributed by atoms with Crippen molar-refractivity contribution in [3.8, 4) is 5.75 Å². The van der Waals surface area contributed by atoms with Crippen molar-refractivity contribution < 1.29 is 13.5 Å². The summed E-state index contributed by atoms with van der Waals surface area (Å²) >= 11 is 5.88. The summed E-state index contributed by atoms with van der Waals surface area (Å²) in [5, 5.41) is 6.80. The molecular weight excluding hydrogens is 274 g/mol. The lowest BCUT2D eigenvalue weighted by Gasteiger charge is -2.23. The number of halogens is 3. The van der Waals surface area contributed by atoms with Crippen molar-refractivity contribution in [1.29, 1.82) is 0 Å². The fourth-order valence-electron chi connectivity index (χ4n) is 2.16. The third-order valence-electron chi connectivity index (χ3n) is 3.14. The van der Waals surface area contributed by atoms with Crippen molar-refractivity contribution in [1.82, 2.24) is 5.32 Å². The van der Waals surface area contributed by atoms with E-state index in [4.69, 9.17) is 11.6 Å². The van der Waals surface area contributed by atoms with Crippen LogP contribution in [0.4, 0.5) is 14.5 Å². The normalized spacial score (nSPS) is 19.5. The number of rotatable bonds is 5. The molecule has 0 aliphatic carbocycles. The number of benzene rings is 1. The molecule has 1 aromatic carbocycles. The minimum atomic E-state index is -2.86. The number of nitrogens with one attached hydrogen (secondary N) is 2. The Hall–Kier alpha value is -1.07. The van der Waals surface area contributed by atoms with E-state index in [9.17, 15) is 8.78 Å². The maximum atomic E-state index is 12.1. The van der Waals surface area contributed by atoms with Crippen molar-refractivity contribution in [2.75, 3.05) is 25.0 Å². The van der Waals surface area contributed by atoms with Gasteiger partial charge in [-0.05, 0) is 50.0 Å². The zero-order chi connectivity index (χ0) is 13.7. The van der Waals surface area contributed by atoms with Gasteiger partial charge in [-0.15, -0.1) is 0 Å². The van der Waals surface area contributed by atoms with E-state index in [2.05, 4.69) is 15.4 Å². The van der Waals surface area contributed by atoms with Gasteiger partial charge in [-0.1, -0.05) is 11.6 Å². The third kappa shape index (κ3) is 4.51. The van der Waals surface area contributed by atoms with Crippen LogP contribution < -0.4 is 15.4 Å². The van der Waals surface area contributed by atoms with Crippen LogP contribution in [0, 0.1) is 5.92 Å². The van der Waals surface area contributed by atoms with E-state index in [1.807, 2.05) is 0 Å². The van der Waals surface area contributed by atoms with Gasteiger partial charge in [0.2, 0.25) is 0 Å². The molecule has 3 nitrogen and oxygen atoms in total. The zero-order valence-corrected chi connectivity index (χ0v) is 11.2. The van der Waals surface area contributed by atoms with Gasteiger partial charge in [0.25, 0.3) is 0 Å². The van der Waals surface area contributed by atoms with Crippen LogP contribution in [0.5, 0.6) is 5.75 Å². The summed E-state index contributed by atoms with van der Waals surface area (Å²) < 4.78 is 28.5. The Morgan fingerprint density at radius 1 is 1.47 bits per heavy atom. The Morgan fingerprint density at radius 2 is 2.32 bits per heavy atom. The van der Waals surface area contributed by atoms with Gasteiger partial charge in [0.15, 0.2) is 0 Å². The topological polar surface area (TPSA) is 33.3 Å². The largest absolute Gasteiger partial charge is 0.433 e. The average molecular weight is 291 g/mol. The van der Waals surface area contributed by atoms with E-state index in [0.717, 1.165) is 25.3 Å². The molecular formula is C13H17ClF2N2O. The molecule has 1 aliphatic heterocycles. The van der Waals surface area contributed by atoms with Crippen molar-refractivity contribution in [3.05, 3.63) is 23.2 Å². The van der Waals surface area contributed by atoms with Crippen LogP contribution in [0.3, 0.4) is 0 Å². The molecule has 0 spiro atoms. The molecule has 106 valence electrons. The molecule has 1 heterocycles. The first-order valence-electron chi connectivity index (χ1n) is 6.34. The van der Waals surface area contributed by atoms with Gasteiger partial charge in [-0.25, -0.2) is 0 Å². The minimum Gasteiger partial charge on any atom is -0.433 e. The van der Waals surface area contributed by atoms with Crippen LogP contribution in [0.15, 0.2) is 18.2 Å². The number of piperidine rings is 1. The second kappa shape index (κ2) is 6.91. The molecule has 1 unspecified atom stereocenters. The van der Waals surface area contributed by atoms with E-state index in [1.165, 1.54) is 18.9 Å². The first-order chi connectivity index (χ1) is 9.15. The van der Waals surface area contributed by atoms with Gasteiger partial charge in [-0.3, -0.25) is 0 Å². The van der Waals surface area contributed by atoms with Crippen LogP contribution >= 0.6 is 11.6 Å². The summed E-state index contributed by atoms with van der Waals surface area (Å²) in [5.74, 6) is 0.589. The molecule has 1 fully saturated rings. The summed E-state index contributed by atoms with van der Waals surface area (Å²) in [4.78, 5) is 0. The lowest BCUT2D eigenvalue weighted by Crippen LogP contribution is -2.33. The van der Waals surface area contributed by atoms with Gasteiger partial charge >= 0.3 is 6.61 Å². The maximum absolute atomic E-state index is 12.1. The van der Waals surface area contributed by atoms with Crippen LogP contribution in [0.1, 0.15) is 12.8 Å². The van der Waals surface area contributed by atoms with Gasteiger partial charge in [-0.2, -0.15) is 8.78 Å². The van der Waals surface area contributed by atoms with E-state index in [-0.39, 0.29) is 10.8 Å². The Balaban J connectivity index is 1.88. The molecule has 0 radical (unpaired) electrons. The highest BCUT2D eigenvalue weighted by atomic mass is 35.5. The standard InChI is InChI=1S/C13H17ClF2N2O/c14-11-6-10(3-4-12(11)19-13(15)16)18-8-9-2-1-5-17-7-9/h3-4,6,9,13,17-18H,1-2,5,7-8H2. The van der Waals surface area contributed by atoms with Gasteiger partial charge < -0.3 is 15.4 Å². The predicted octanol–water partition coefficient (Wildman–Crippen LogP) is 3.35. The molecule has 0 amide bonds. The molecule has 0 aromatic heterocycles. The number of anilines is 1. The molecule has 2 rings (SSSR count). The number of hydrogen-bond acceptors (Lipinski definition) is 3. The fraction of sp³-hybridized carbons (Fsp3) is 0.538. The SMILES string of the molecule is FC(F)Oc1ccc(NCC2CCCNC2)cc1Cl. The highest BCUT2D eigenvalue weighted by molar-refractivity contribution is 6.32. The Kier molecular flexibility index (Phi) is 5.22. The van der Waals surface area contributed by atoms with E-state index in [0.29, 0.717) is 5.92 Å². The summed E-state index contributed by atoms with van der Waals surface area (Å²) in [6, 6.07) is 4.76. The quantitative estimate of drug-likeness (QED) is 0.872. The number of ether oxygens (including phenoxy) is 1. The van der Waals surface area contributed by atoms with E-state index >= 15 is 0 Å². The summed E-state index contributed by atoms with van der Waals surface area (Å²) in [7, 11) is 0. The van der Waals surface area contributed by atoms with Crippen LogP contribution in [-0.2, 0) is 0 Å². The van der Waals surface area contributed by atoms with Crippen molar-refractivity contribution >= 4 is 17.3 Å². The summed E-state index contributed by atoms with van der Waals surface area (Å²) in [6.07, 6.45) is 2.38. The molecule has 1 aromatic rings. The van der Waals surface area contributed by atoms with Crippen molar-refractivity contribution in [2.45, 2.75) is 19.5 Å². The van der Waals surface area contributed by atoms with Gasteiger partial charge in [0.05, 0.1) is 5.02 Å². The van der Waals surface area contributed by atoms with Crippen LogP contribution in [-0.4, -0.2) is 26.2 Å². The molecule has 6 heteroatoms. The van der Waals surface area contributed by atoms with E-state index < -0.39 is 6.61 Å². The second-order valence-corrected chi connectivity index (χ2v) is 5.02. The highest BCUT2D eigenvalue weighted by Crippen LogP contribution is 2.29. The average Bonchev–Trinajstić information content (AvgIpc) is 2.40. The summed E-state index contributed by atoms with van der Waals surface area (Å²) in [5.41, 5.74) is 0.817. The Bertz CT molecular complexity index is 412. The summed E-state index contributed by atoms with van der Waals surface area (Å²) in [6.45, 7) is 0.0813. The fourth-order valence-corrected chi connectivity index (χ4v) is 2.39. The molecule has 19 heavy (non-hydrogen) atoms. The van der Waals surface area contributed by atoms with E-state index in [1.54, 1.807) is 12.1 Å². The third-order valence-corrected chi connectivity index (χ3v) is 3.44. The monoisotopic (exact) mass is 290 g/mol. The molecule has 1 aliphatic rings. The predicted molar refractivity (Wildman–Crippen MR) is 72.2 cm³/mol. The minimum absolute atomic E-state index is 0.00143. The Labute approximate surface area is 116 Å². The smallest absolute Gasteiger partial charge is 0.387 e. The lowest BCUT2D eigenvalue weighted by atomic mass is 10.00. The Morgan fingerprint density at radius 3 is 2.95 bits per heavy atom. The zero-order valence-electron chi connectivity index (χ0n) is 10.5. The number of hydrogen-bond donors (Lipinski definition) is 2. The molecule has 1 saturated heterocycles.